The van der Waals surface area contributed by atoms with Crippen molar-refractivity contribution in [1.82, 2.24) is 19.5 Å². The van der Waals surface area contributed by atoms with Crippen molar-refractivity contribution in [2.45, 2.75) is 32.0 Å². The summed E-state index contributed by atoms with van der Waals surface area (Å²) in [6.07, 6.45) is 6.87. The lowest BCUT2D eigenvalue weighted by molar-refractivity contribution is -0.171. The smallest absolute Gasteiger partial charge is 0.327 e. The van der Waals surface area contributed by atoms with Gasteiger partial charge in [0.15, 0.2) is 17.5 Å². The molecule has 10 nitrogen and oxygen atoms in total. The highest BCUT2D eigenvalue weighted by Gasteiger charge is 2.50. The summed E-state index contributed by atoms with van der Waals surface area (Å²) >= 11 is 0. The second-order valence-electron chi connectivity index (χ2n) is 6.84. The number of nitrogens with one attached hydrogen (secondary N) is 1. The summed E-state index contributed by atoms with van der Waals surface area (Å²) in [5.41, 5.74) is 6.50. The molecule has 144 valence electrons. The number of nitrogens with zero attached hydrogens (tertiary/aromatic N) is 3. The quantitative estimate of drug-likeness (QED) is 0.679. The number of fused-ring (bicyclic) bond motifs is 1. The highest BCUT2D eigenvalue weighted by molar-refractivity contribution is 7.17. The first-order chi connectivity index (χ1) is 13.1. The summed E-state index contributed by atoms with van der Waals surface area (Å²) in [6, 6.07) is 0. The molecule has 2 aliphatic rings. The van der Waals surface area contributed by atoms with E-state index in [2.05, 4.69) is 15.0 Å². The fourth-order valence-electron chi connectivity index (χ4n) is 3.28. The molecule has 2 aromatic heterocycles. The zero-order chi connectivity index (χ0) is 18.9. The molecule has 3 N–H and O–H groups in total. The second-order valence-corrected chi connectivity index (χ2v) is 7.25. The van der Waals surface area contributed by atoms with Crippen LogP contribution < -0.4 is 11.3 Å². The molecule has 2 aromatic rings. The van der Waals surface area contributed by atoms with Gasteiger partial charge in [0, 0.05) is 18.2 Å². The van der Waals surface area contributed by atoms with Crippen molar-refractivity contribution in [1.29, 1.82) is 0 Å². The van der Waals surface area contributed by atoms with Gasteiger partial charge in [0.25, 0.3) is 5.56 Å². The van der Waals surface area contributed by atoms with Crippen molar-refractivity contribution in [2.24, 2.45) is 5.41 Å². The Bertz CT molecular complexity index is 935. The minimum atomic E-state index is -0.386. The topological polar surface area (TPSA) is 134 Å². The van der Waals surface area contributed by atoms with Gasteiger partial charge in [-0.05, 0) is 31.3 Å². The van der Waals surface area contributed by atoms with E-state index in [4.69, 9.17) is 19.7 Å². The van der Waals surface area contributed by atoms with E-state index < -0.39 is 0 Å². The Balaban J connectivity index is 1.55. The fraction of sp³-hybridized carbons (Fsp3) is 0.562. The standard InChI is InChI=1S/C16H20N5O5P/c17-15-19-13-12(14(22)20-15)18-9-21(13)6-10-5-16(10,8-26-27-23)7-25-11-3-1-2-4-24-11/h6,9,11H,1-5,7-8H2,(H3,17,19,20,22)/b10-6-. The summed E-state index contributed by atoms with van der Waals surface area (Å²) in [5, 5.41) is 0. The average molecular weight is 393 g/mol. The predicted octanol–water partition coefficient (Wildman–Crippen LogP) is 1.70. The third kappa shape index (κ3) is 3.79. The van der Waals surface area contributed by atoms with Crippen LogP contribution in [-0.4, -0.2) is 45.6 Å². The van der Waals surface area contributed by atoms with Crippen LogP contribution in [0.25, 0.3) is 17.4 Å². The van der Waals surface area contributed by atoms with Gasteiger partial charge < -0.3 is 15.2 Å². The van der Waals surface area contributed by atoms with E-state index in [1.165, 1.54) is 6.33 Å². The number of ether oxygens (including phenoxy) is 2. The molecule has 11 heteroatoms. The lowest BCUT2D eigenvalue weighted by Gasteiger charge is -2.24. The summed E-state index contributed by atoms with van der Waals surface area (Å²) in [5.74, 6) is 0.0287. The SMILES string of the molecule is Nc1nc2c(ncn2/C=C2/CC2(COP=O)COC2CCCCO2)c(=O)[nH]1. The lowest BCUT2D eigenvalue weighted by Crippen LogP contribution is -2.27. The summed E-state index contributed by atoms with van der Waals surface area (Å²) in [4.78, 5) is 22.6. The number of anilines is 1. The van der Waals surface area contributed by atoms with Crippen LogP contribution in [0.4, 0.5) is 5.95 Å². The molecule has 1 saturated carbocycles. The number of hydrogen-bond acceptors (Lipinski definition) is 8. The van der Waals surface area contributed by atoms with Crippen LogP contribution in [-0.2, 0) is 18.6 Å². The van der Waals surface area contributed by atoms with E-state index >= 15 is 0 Å². The van der Waals surface area contributed by atoms with E-state index in [1.807, 2.05) is 6.20 Å². The van der Waals surface area contributed by atoms with Crippen molar-refractivity contribution < 1.29 is 18.6 Å². The number of imidazole rings is 1. The van der Waals surface area contributed by atoms with Crippen molar-refractivity contribution >= 4 is 32.0 Å². The van der Waals surface area contributed by atoms with E-state index in [-0.39, 0.29) is 44.0 Å². The van der Waals surface area contributed by atoms with Gasteiger partial charge >= 0.3 is 8.69 Å². The van der Waals surface area contributed by atoms with Gasteiger partial charge in [0.05, 0.1) is 13.2 Å². The van der Waals surface area contributed by atoms with E-state index in [9.17, 15) is 9.36 Å². The Morgan fingerprint density at radius 2 is 2.37 bits per heavy atom. The molecule has 2 atom stereocenters. The van der Waals surface area contributed by atoms with Crippen LogP contribution >= 0.6 is 8.69 Å². The van der Waals surface area contributed by atoms with Gasteiger partial charge in [-0.25, -0.2) is 9.55 Å². The number of nitrogen functional groups attached to an aromatic ring is 1. The van der Waals surface area contributed by atoms with Gasteiger partial charge in [0.1, 0.15) is 6.33 Å². The Kier molecular flexibility index (Phi) is 5.05. The molecule has 1 aliphatic carbocycles. The minimum absolute atomic E-state index is 0.0287. The van der Waals surface area contributed by atoms with Gasteiger partial charge in [-0.15, -0.1) is 0 Å². The van der Waals surface area contributed by atoms with E-state index in [0.29, 0.717) is 25.3 Å². The molecule has 27 heavy (non-hydrogen) atoms. The van der Waals surface area contributed by atoms with Crippen LogP contribution in [0.15, 0.2) is 16.7 Å². The number of rotatable bonds is 7. The van der Waals surface area contributed by atoms with Crippen molar-refractivity contribution in [2.75, 3.05) is 25.6 Å². The van der Waals surface area contributed by atoms with Crippen molar-refractivity contribution in [3.05, 3.63) is 22.3 Å². The zero-order valence-electron chi connectivity index (χ0n) is 14.6. The molecule has 1 aliphatic heterocycles. The van der Waals surface area contributed by atoms with E-state index in [0.717, 1.165) is 24.8 Å². The molecule has 2 unspecified atom stereocenters. The number of hydrogen-bond donors (Lipinski definition) is 2. The minimum Gasteiger partial charge on any atom is -0.369 e. The van der Waals surface area contributed by atoms with Crippen LogP contribution in [0.5, 0.6) is 0 Å². The van der Waals surface area contributed by atoms with Crippen LogP contribution in [0.1, 0.15) is 25.7 Å². The van der Waals surface area contributed by atoms with Gasteiger partial charge in [-0.3, -0.25) is 18.9 Å². The highest BCUT2D eigenvalue weighted by atomic mass is 31.1. The fourth-order valence-corrected chi connectivity index (χ4v) is 3.58. The molecular weight excluding hydrogens is 373 g/mol. The first-order valence-electron chi connectivity index (χ1n) is 8.73. The Morgan fingerprint density at radius 3 is 3.15 bits per heavy atom. The van der Waals surface area contributed by atoms with Gasteiger partial charge in [-0.1, -0.05) is 0 Å². The molecule has 0 radical (unpaired) electrons. The third-order valence-corrected chi connectivity index (χ3v) is 5.14. The molecule has 3 heterocycles. The summed E-state index contributed by atoms with van der Waals surface area (Å²) in [7, 11) is -0.371. The highest BCUT2D eigenvalue weighted by Crippen LogP contribution is 2.53. The average Bonchev–Trinajstić information content (AvgIpc) is 3.19. The summed E-state index contributed by atoms with van der Waals surface area (Å²) in [6.45, 7) is 1.37. The molecule has 0 spiro atoms. The maximum atomic E-state index is 11.9. The third-order valence-electron chi connectivity index (χ3n) is 4.91. The number of aromatic amines is 1. The molecule has 2 fully saturated rings. The normalized spacial score (nSPS) is 26.8. The molecular formula is C16H20N5O5P. The Hall–Kier alpha value is -2.13. The predicted molar refractivity (Wildman–Crippen MR) is 97.0 cm³/mol. The maximum Gasteiger partial charge on any atom is 0.327 e. The lowest BCUT2D eigenvalue weighted by atomic mass is 10.1. The summed E-state index contributed by atoms with van der Waals surface area (Å²) < 4.78 is 29.1. The Labute approximate surface area is 156 Å². The van der Waals surface area contributed by atoms with Gasteiger partial charge in [-0.2, -0.15) is 4.98 Å². The van der Waals surface area contributed by atoms with Crippen molar-refractivity contribution in [3.8, 4) is 0 Å². The molecule has 0 bridgehead atoms. The first kappa shape index (κ1) is 18.2. The number of H-pyrrole nitrogens is 1. The molecule has 0 amide bonds. The van der Waals surface area contributed by atoms with E-state index in [1.54, 1.807) is 4.57 Å². The molecule has 1 saturated heterocycles. The first-order valence-corrected chi connectivity index (χ1v) is 9.46. The number of aromatic nitrogens is 4. The van der Waals surface area contributed by atoms with Crippen LogP contribution in [0.2, 0.25) is 0 Å². The van der Waals surface area contributed by atoms with Crippen LogP contribution in [0, 0.1) is 5.41 Å². The largest absolute Gasteiger partial charge is 0.369 e. The van der Waals surface area contributed by atoms with Crippen molar-refractivity contribution in [3.63, 3.8) is 0 Å². The number of nitrogens with two attached hydrogens (primary N) is 1. The Morgan fingerprint density at radius 1 is 1.48 bits per heavy atom. The monoisotopic (exact) mass is 393 g/mol. The second kappa shape index (κ2) is 7.47. The molecule has 0 aromatic carbocycles. The maximum absolute atomic E-state index is 11.9. The zero-order valence-corrected chi connectivity index (χ0v) is 15.5. The van der Waals surface area contributed by atoms with Gasteiger partial charge in [0.2, 0.25) is 5.95 Å². The molecule has 4 rings (SSSR count). The van der Waals surface area contributed by atoms with Crippen LogP contribution in [0.3, 0.4) is 0 Å².